The SMILES string of the molecule is C#CCNS(=O)(=O)c1ccc(C(=O)N[C@H](C)c2ccco2)cc1. The van der Waals surface area contributed by atoms with Gasteiger partial charge in [-0.15, -0.1) is 6.42 Å². The molecule has 7 heteroatoms. The second-order valence-electron chi connectivity index (χ2n) is 4.76. The van der Waals surface area contributed by atoms with Gasteiger partial charge in [-0.2, -0.15) is 4.72 Å². The lowest BCUT2D eigenvalue weighted by Gasteiger charge is -2.11. The van der Waals surface area contributed by atoms with E-state index in [1.807, 2.05) is 0 Å². The van der Waals surface area contributed by atoms with Crippen LogP contribution >= 0.6 is 0 Å². The van der Waals surface area contributed by atoms with Crippen molar-refractivity contribution in [3.8, 4) is 12.3 Å². The first-order valence-corrected chi connectivity index (χ1v) is 8.30. The van der Waals surface area contributed by atoms with Crippen LogP contribution in [0.3, 0.4) is 0 Å². The minimum atomic E-state index is -3.66. The average molecular weight is 332 g/mol. The molecule has 1 amide bonds. The summed E-state index contributed by atoms with van der Waals surface area (Å²) in [6, 6.07) is 8.79. The molecule has 0 aliphatic carbocycles. The molecule has 6 nitrogen and oxygen atoms in total. The summed E-state index contributed by atoms with van der Waals surface area (Å²) in [5.41, 5.74) is 0.347. The number of carbonyl (C=O) groups is 1. The van der Waals surface area contributed by atoms with Crippen LogP contribution in [0.4, 0.5) is 0 Å². The van der Waals surface area contributed by atoms with Gasteiger partial charge in [-0.3, -0.25) is 4.79 Å². The van der Waals surface area contributed by atoms with Gasteiger partial charge in [-0.25, -0.2) is 8.42 Å². The molecule has 0 bridgehead atoms. The molecule has 1 aromatic carbocycles. The third-order valence-corrected chi connectivity index (χ3v) is 4.53. The Morgan fingerprint density at radius 3 is 2.57 bits per heavy atom. The molecule has 0 unspecified atom stereocenters. The topological polar surface area (TPSA) is 88.4 Å². The maximum atomic E-state index is 12.1. The molecule has 0 aliphatic rings. The molecule has 0 spiro atoms. The van der Waals surface area contributed by atoms with Crippen molar-refractivity contribution in [2.24, 2.45) is 0 Å². The van der Waals surface area contributed by atoms with Crippen molar-refractivity contribution in [2.45, 2.75) is 17.9 Å². The number of sulfonamides is 1. The minimum Gasteiger partial charge on any atom is -0.467 e. The Kier molecular flexibility index (Phi) is 5.21. The summed E-state index contributed by atoms with van der Waals surface area (Å²) in [5.74, 6) is 2.51. The van der Waals surface area contributed by atoms with Crippen LogP contribution in [0.5, 0.6) is 0 Å². The summed E-state index contributed by atoms with van der Waals surface area (Å²) in [4.78, 5) is 12.2. The van der Waals surface area contributed by atoms with Crippen LogP contribution in [0.1, 0.15) is 29.1 Å². The third-order valence-electron chi connectivity index (χ3n) is 3.11. The van der Waals surface area contributed by atoms with E-state index in [0.717, 1.165) is 0 Å². The molecule has 23 heavy (non-hydrogen) atoms. The molecule has 2 rings (SSSR count). The average Bonchev–Trinajstić information content (AvgIpc) is 3.07. The Morgan fingerprint density at radius 1 is 1.30 bits per heavy atom. The van der Waals surface area contributed by atoms with Crippen LogP contribution in [0.2, 0.25) is 0 Å². The van der Waals surface area contributed by atoms with E-state index in [1.54, 1.807) is 19.1 Å². The Labute approximate surface area is 134 Å². The molecule has 0 fully saturated rings. The highest BCUT2D eigenvalue weighted by molar-refractivity contribution is 7.89. The zero-order chi connectivity index (χ0) is 16.9. The fourth-order valence-electron chi connectivity index (χ4n) is 1.89. The van der Waals surface area contributed by atoms with E-state index < -0.39 is 10.0 Å². The predicted molar refractivity (Wildman–Crippen MR) is 85.1 cm³/mol. The Balaban J connectivity index is 2.07. The molecule has 1 atom stereocenters. The van der Waals surface area contributed by atoms with Gasteiger partial charge in [0.15, 0.2) is 0 Å². The van der Waals surface area contributed by atoms with Gasteiger partial charge in [-0.05, 0) is 43.3 Å². The minimum absolute atomic E-state index is 0.0448. The maximum absolute atomic E-state index is 12.1. The molecule has 0 saturated carbocycles. The van der Waals surface area contributed by atoms with Crippen LogP contribution in [0.25, 0.3) is 0 Å². The van der Waals surface area contributed by atoms with Crippen molar-refractivity contribution in [2.75, 3.05) is 6.54 Å². The standard InChI is InChI=1S/C16H16N2O4S/c1-3-10-17-23(20,21)14-8-6-13(7-9-14)16(19)18-12(2)15-5-4-11-22-15/h1,4-9,11-12,17H,10H2,2H3,(H,18,19)/t12-/m1/s1. The van der Waals surface area contributed by atoms with Crippen LogP contribution < -0.4 is 10.0 Å². The highest BCUT2D eigenvalue weighted by Gasteiger charge is 2.16. The molecule has 2 aromatic rings. The smallest absolute Gasteiger partial charge is 0.251 e. The molecule has 120 valence electrons. The van der Waals surface area contributed by atoms with E-state index in [2.05, 4.69) is 16.0 Å². The number of carbonyl (C=O) groups excluding carboxylic acids is 1. The van der Waals surface area contributed by atoms with E-state index >= 15 is 0 Å². The van der Waals surface area contributed by atoms with Gasteiger partial charge >= 0.3 is 0 Å². The highest BCUT2D eigenvalue weighted by atomic mass is 32.2. The van der Waals surface area contributed by atoms with Gasteiger partial charge in [0.2, 0.25) is 10.0 Å². The second-order valence-corrected chi connectivity index (χ2v) is 6.53. The molecule has 0 aliphatic heterocycles. The lowest BCUT2D eigenvalue weighted by atomic mass is 10.2. The van der Waals surface area contributed by atoms with Gasteiger partial charge in [0.05, 0.1) is 23.7 Å². The summed E-state index contributed by atoms with van der Waals surface area (Å²) in [5, 5.41) is 2.77. The van der Waals surface area contributed by atoms with E-state index in [-0.39, 0.29) is 23.4 Å². The summed E-state index contributed by atoms with van der Waals surface area (Å²) >= 11 is 0. The van der Waals surface area contributed by atoms with Gasteiger partial charge in [-0.1, -0.05) is 5.92 Å². The van der Waals surface area contributed by atoms with Gasteiger partial charge < -0.3 is 9.73 Å². The zero-order valence-corrected chi connectivity index (χ0v) is 13.3. The van der Waals surface area contributed by atoms with E-state index in [1.165, 1.54) is 30.5 Å². The summed E-state index contributed by atoms with van der Waals surface area (Å²) in [7, 11) is -3.66. The Hall–Kier alpha value is -2.56. The van der Waals surface area contributed by atoms with Crippen molar-refractivity contribution >= 4 is 15.9 Å². The van der Waals surface area contributed by atoms with Crippen molar-refractivity contribution < 1.29 is 17.6 Å². The summed E-state index contributed by atoms with van der Waals surface area (Å²) in [6.07, 6.45) is 6.56. The first kappa shape index (κ1) is 16.8. The zero-order valence-electron chi connectivity index (χ0n) is 12.4. The van der Waals surface area contributed by atoms with E-state index in [9.17, 15) is 13.2 Å². The fraction of sp³-hybridized carbons (Fsp3) is 0.188. The van der Waals surface area contributed by atoms with Crippen LogP contribution in [-0.4, -0.2) is 20.9 Å². The van der Waals surface area contributed by atoms with Crippen LogP contribution in [0, 0.1) is 12.3 Å². The van der Waals surface area contributed by atoms with Gasteiger partial charge in [0.25, 0.3) is 5.91 Å². The second kappa shape index (κ2) is 7.13. The lowest BCUT2D eigenvalue weighted by Crippen LogP contribution is -2.27. The molecule has 1 heterocycles. The Morgan fingerprint density at radius 2 is 2.00 bits per heavy atom. The number of hydrogen-bond donors (Lipinski definition) is 2. The summed E-state index contributed by atoms with van der Waals surface area (Å²) in [6.45, 7) is 1.70. The predicted octanol–water partition coefficient (Wildman–Crippen LogP) is 1.68. The van der Waals surface area contributed by atoms with Crippen molar-refractivity contribution in [3.05, 3.63) is 54.0 Å². The Bertz CT molecular complexity index is 803. The fourth-order valence-corrected chi connectivity index (χ4v) is 2.83. The van der Waals surface area contributed by atoms with E-state index in [0.29, 0.717) is 11.3 Å². The quantitative estimate of drug-likeness (QED) is 0.788. The molecule has 2 N–H and O–H groups in total. The monoisotopic (exact) mass is 332 g/mol. The number of nitrogens with one attached hydrogen (secondary N) is 2. The van der Waals surface area contributed by atoms with E-state index in [4.69, 9.17) is 10.8 Å². The van der Waals surface area contributed by atoms with Gasteiger partial charge in [0.1, 0.15) is 5.76 Å². The number of hydrogen-bond acceptors (Lipinski definition) is 4. The lowest BCUT2D eigenvalue weighted by molar-refractivity contribution is 0.0935. The van der Waals surface area contributed by atoms with Crippen molar-refractivity contribution in [3.63, 3.8) is 0 Å². The maximum Gasteiger partial charge on any atom is 0.251 e. The number of benzene rings is 1. The summed E-state index contributed by atoms with van der Waals surface area (Å²) < 4.78 is 31.2. The highest BCUT2D eigenvalue weighted by Crippen LogP contribution is 2.14. The number of rotatable bonds is 6. The number of amides is 1. The molecule has 0 radical (unpaired) electrons. The van der Waals surface area contributed by atoms with Crippen LogP contribution in [0.15, 0.2) is 52.0 Å². The van der Waals surface area contributed by atoms with Crippen molar-refractivity contribution in [1.82, 2.24) is 10.0 Å². The van der Waals surface area contributed by atoms with Crippen molar-refractivity contribution in [1.29, 1.82) is 0 Å². The molecular weight excluding hydrogens is 316 g/mol. The largest absolute Gasteiger partial charge is 0.467 e. The first-order chi connectivity index (χ1) is 10.9. The third kappa shape index (κ3) is 4.22. The number of terminal acetylenes is 1. The normalized spacial score (nSPS) is 12.3. The molecule has 0 saturated heterocycles. The first-order valence-electron chi connectivity index (χ1n) is 6.81. The van der Waals surface area contributed by atoms with Gasteiger partial charge in [0, 0.05) is 5.56 Å². The number of furan rings is 1. The molecule has 1 aromatic heterocycles. The molecular formula is C16H16N2O4S. The van der Waals surface area contributed by atoms with Crippen LogP contribution in [-0.2, 0) is 10.0 Å².